The van der Waals surface area contributed by atoms with Gasteiger partial charge in [-0.05, 0) is 49.7 Å². The van der Waals surface area contributed by atoms with Crippen molar-refractivity contribution in [3.63, 3.8) is 0 Å². The van der Waals surface area contributed by atoms with Gasteiger partial charge < -0.3 is 20.1 Å². The predicted molar refractivity (Wildman–Crippen MR) is 97.6 cm³/mol. The Hall–Kier alpha value is -2.61. The second-order valence-corrected chi connectivity index (χ2v) is 6.14. The highest BCUT2D eigenvalue weighted by Crippen LogP contribution is 2.31. The van der Waals surface area contributed by atoms with E-state index in [-0.39, 0.29) is 11.7 Å². The lowest BCUT2D eigenvalue weighted by Gasteiger charge is -2.18. The predicted octanol–water partition coefficient (Wildman–Crippen LogP) is 4.99. The summed E-state index contributed by atoms with van der Waals surface area (Å²) in [6.45, 7) is 3.41. The number of carbonyl (C=O) groups is 1. The van der Waals surface area contributed by atoms with Gasteiger partial charge in [-0.15, -0.1) is 13.2 Å². The fourth-order valence-electron chi connectivity index (χ4n) is 2.24. The molecular weight excluding hydrogens is 385 g/mol. The van der Waals surface area contributed by atoms with Gasteiger partial charge in [0.15, 0.2) is 0 Å². The van der Waals surface area contributed by atoms with E-state index >= 15 is 0 Å². The maximum absolute atomic E-state index is 12.4. The molecule has 27 heavy (non-hydrogen) atoms. The average Bonchev–Trinajstić information content (AvgIpc) is 2.58. The first kappa shape index (κ1) is 20.7. The van der Waals surface area contributed by atoms with Crippen molar-refractivity contribution in [3.8, 4) is 11.5 Å². The number of alkyl halides is 3. The molecule has 0 unspecified atom stereocenters. The molecular formula is C18H18ClF3N2O3. The van der Waals surface area contributed by atoms with Gasteiger partial charge in [-0.2, -0.15) is 0 Å². The molecule has 0 heterocycles. The third kappa shape index (κ3) is 5.96. The highest BCUT2D eigenvalue weighted by atomic mass is 35.5. The van der Waals surface area contributed by atoms with Crippen LogP contribution in [0.4, 0.5) is 24.5 Å². The Kier molecular flexibility index (Phi) is 6.43. The number of carbonyl (C=O) groups excluding carboxylic acids is 1. The number of methoxy groups -OCH3 is 1. The van der Waals surface area contributed by atoms with E-state index in [1.165, 1.54) is 19.2 Å². The number of hydrogen-bond acceptors (Lipinski definition) is 4. The zero-order valence-corrected chi connectivity index (χ0v) is 15.5. The Bertz CT molecular complexity index is 811. The van der Waals surface area contributed by atoms with Crippen LogP contribution in [0.15, 0.2) is 36.4 Å². The third-order valence-electron chi connectivity index (χ3n) is 3.60. The summed E-state index contributed by atoms with van der Waals surface area (Å²) in [5.41, 5.74) is 1.70. The summed E-state index contributed by atoms with van der Waals surface area (Å²) in [5.74, 6) is -0.281. The Morgan fingerprint density at radius 3 is 2.37 bits per heavy atom. The van der Waals surface area contributed by atoms with Crippen LogP contribution < -0.4 is 20.1 Å². The molecule has 0 spiro atoms. The largest absolute Gasteiger partial charge is 0.573 e. The fraction of sp³-hybridized carbons (Fsp3) is 0.278. The smallest absolute Gasteiger partial charge is 0.495 e. The number of halogens is 4. The van der Waals surface area contributed by atoms with E-state index in [0.717, 1.165) is 17.7 Å². The number of hydrogen-bond donors (Lipinski definition) is 2. The summed E-state index contributed by atoms with van der Waals surface area (Å²) in [6.07, 6.45) is -4.75. The third-order valence-corrected chi connectivity index (χ3v) is 4.01. The topological polar surface area (TPSA) is 59.6 Å². The van der Waals surface area contributed by atoms with Gasteiger partial charge in [-0.3, -0.25) is 4.79 Å². The van der Waals surface area contributed by atoms with Crippen molar-refractivity contribution in [1.82, 2.24) is 0 Å². The van der Waals surface area contributed by atoms with Crippen LogP contribution in [-0.2, 0) is 4.79 Å². The van der Waals surface area contributed by atoms with E-state index in [1.54, 1.807) is 26.0 Å². The van der Waals surface area contributed by atoms with Crippen molar-refractivity contribution in [2.75, 3.05) is 17.7 Å². The van der Waals surface area contributed by atoms with Gasteiger partial charge in [-0.25, -0.2) is 0 Å². The molecule has 1 amide bonds. The average molecular weight is 403 g/mol. The van der Waals surface area contributed by atoms with Gasteiger partial charge >= 0.3 is 6.36 Å². The van der Waals surface area contributed by atoms with Crippen molar-refractivity contribution in [3.05, 3.63) is 47.0 Å². The fourth-order valence-corrected chi connectivity index (χ4v) is 2.39. The molecule has 0 aliphatic rings. The van der Waals surface area contributed by atoms with Crippen LogP contribution in [0.3, 0.4) is 0 Å². The molecule has 0 saturated carbocycles. The molecule has 0 aromatic heterocycles. The van der Waals surface area contributed by atoms with Crippen molar-refractivity contribution >= 4 is 28.9 Å². The van der Waals surface area contributed by atoms with E-state index < -0.39 is 12.4 Å². The Morgan fingerprint density at radius 1 is 1.19 bits per heavy atom. The second-order valence-electron chi connectivity index (χ2n) is 5.73. The molecule has 0 aliphatic heterocycles. The van der Waals surface area contributed by atoms with Crippen LogP contribution in [-0.4, -0.2) is 25.4 Å². The number of nitrogens with one attached hydrogen (secondary N) is 2. The highest BCUT2D eigenvalue weighted by Gasteiger charge is 2.31. The molecule has 0 bridgehead atoms. The Balaban J connectivity index is 2.03. The minimum absolute atomic E-state index is 0.341. The maximum Gasteiger partial charge on any atom is 0.573 e. The molecule has 9 heteroatoms. The lowest BCUT2D eigenvalue weighted by atomic mass is 10.2. The van der Waals surface area contributed by atoms with Crippen molar-refractivity contribution in [2.45, 2.75) is 26.3 Å². The molecule has 146 valence electrons. The van der Waals surface area contributed by atoms with Gasteiger partial charge in [0.05, 0.1) is 12.8 Å². The Morgan fingerprint density at radius 2 is 1.81 bits per heavy atom. The molecule has 0 radical (unpaired) electrons. The number of benzene rings is 2. The van der Waals surface area contributed by atoms with Crippen molar-refractivity contribution < 1.29 is 27.4 Å². The molecule has 2 N–H and O–H groups in total. The number of anilines is 2. The number of ether oxygens (including phenoxy) is 2. The minimum atomic E-state index is -4.75. The van der Waals surface area contributed by atoms with Gasteiger partial charge in [-0.1, -0.05) is 11.6 Å². The number of amides is 1. The van der Waals surface area contributed by atoms with Crippen molar-refractivity contribution in [2.24, 2.45) is 0 Å². The lowest BCUT2D eigenvalue weighted by molar-refractivity contribution is -0.274. The summed E-state index contributed by atoms with van der Waals surface area (Å²) in [4.78, 5) is 12.4. The van der Waals surface area contributed by atoms with E-state index in [9.17, 15) is 18.0 Å². The van der Waals surface area contributed by atoms with Gasteiger partial charge in [0.1, 0.15) is 17.5 Å². The van der Waals surface area contributed by atoms with Crippen LogP contribution >= 0.6 is 11.6 Å². The standard InChI is InChI=1S/C18H18ClF3N2O3/c1-10-8-15(16(26-3)9-14(10)19)24-17(25)11(2)23-12-4-6-13(7-5-12)27-18(20,21)22/h4-9,11,23H,1-3H3,(H,24,25)/t11-/m1/s1. The molecule has 2 aromatic rings. The minimum Gasteiger partial charge on any atom is -0.495 e. The number of aryl methyl sites for hydroxylation is 1. The van der Waals surface area contributed by atoms with Crippen LogP contribution in [0.2, 0.25) is 5.02 Å². The number of rotatable bonds is 6. The summed E-state index contributed by atoms with van der Waals surface area (Å²) < 4.78 is 45.5. The van der Waals surface area contributed by atoms with Crippen LogP contribution in [0.5, 0.6) is 11.5 Å². The van der Waals surface area contributed by atoms with Crippen LogP contribution in [0, 0.1) is 6.92 Å². The quantitative estimate of drug-likeness (QED) is 0.714. The first-order valence-corrected chi connectivity index (χ1v) is 8.24. The van der Waals surface area contributed by atoms with Crippen molar-refractivity contribution in [1.29, 1.82) is 0 Å². The summed E-state index contributed by atoms with van der Waals surface area (Å²) in [7, 11) is 1.46. The second kappa shape index (κ2) is 8.39. The van der Waals surface area contributed by atoms with Gasteiger partial charge in [0, 0.05) is 16.8 Å². The first-order valence-electron chi connectivity index (χ1n) is 7.86. The monoisotopic (exact) mass is 402 g/mol. The zero-order valence-electron chi connectivity index (χ0n) is 14.8. The first-order chi connectivity index (χ1) is 12.6. The summed E-state index contributed by atoms with van der Waals surface area (Å²) in [5, 5.41) is 6.14. The van der Waals surface area contributed by atoms with E-state index in [4.69, 9.17) is 16.3 Å². The Labute approximate surface area is 159 Å². The molecule has 2 aromatic carbocycles. The molecule has 2 rings (SSSR count). The SMILES string of the molecule is COc1cc(Cl)c(C)cc1NC(=O)[C@@H](C)Nc1ccc(OC(F)(F)F)cc1. The maximum atomic E-state index is 12.4. The molecule has 0 saturated heterocycles. The van der Waals surface area contributed by atoms with Crippen LogP contribution in [0.25, 0.3) is 0 Å². The van der Waals surface area contributed by atoms with E-state index in [2.05, 4.69) is 15.4 Å². The van der Waals surface area contributed by atoms with E-state index in [1.807, 2.05) is 0 Å². The van der Waals surface area contributed by atoms with Gasteiger partial charge in [0.25, 0.3) is 0 Å². The van der Waals surface area contributed by atoms with E-state index in [0.29, 0.717) is 22.1 Å². The molecule has 1 atom stereocenters. The molecule has 5 nitrogen and oxygen atoms in total. The van der Waals surface area contributed by atoms with Gasteiger partial charge in [0.2, 0.25) is 5.91 Å². The lowest BCUT2D eigenvalue weighted by Crippen LogP contribution is -2.32. The highest BCUT2D eigenvalue weighted by molar-refractivity contribution is 6.31. The van der Waals surface area contributed by atoms with Crippen LogP contribution in [0.1, 0.15) is 12.5 Å². The molecule has 0 aliphatic carbocycles. The normalized spacial score (nSPS) is 12.3. The summed E-state index contributed by atoms with van der Waals surface area (Å²) in [6, 6.07) is 7.72. The zero-order chi connectivity index (χ0) is 20.2. The summed E-state index contributed by atoms with van der Waals surface area (Å²) >= 11 is 6.04. The molecule has 0 fully saturated rings.